The lowest BCUT2D eigenvalue weighted by Crippen LogP contribution is -2.25. The molecule has 0 aliphatic carbocycles. The van der Waals surface area contributed by atoms with Gasteiger partial charge in [-0.25, -0.2) is 9.79 Å². The minimum atomic E-state index is -0.547. The number of aliphatic imine (C=N–C) groups is 1. The fourth-order valence-corrected chi connectivity index (χ4v) is 1.72. The predicted molar refractivity (Wildman–Crippen MR) is 75.3 cm³/mol. The van der Waals surface area contributed by atoms with Crippen LogP contribution < -0.4 is 0 Å². The lowest BCUT2D eigenvalue weighted by molar-refractivity contribution is -0.144. The van der Waals surface area contributed by atoms with Crippen molar-refractivity contribution in [3.05, 3.63) is 35.9 Å². The first-order valence-corrected chi connectivity index (χ1v) is 6.55. The second kappa shape index (κ2) is 8.29. The molecule has 1 atom stereocenters. The van der Waals surface area contributed by atoms with Crippen molar-refractivity contribution in [2.24, 2.45) is 4.99 Å². The fourth-order valence-electron chi connectivity index (χ4n) is 1.72. The zero-order chi connectivity index (χ0) is 14.1. The Morgan fingerprint density at radius 2 is 1.79 bits per heavy atom. The second-order valence-electron chi connectivity index (χ2n) is 4.04. The highest BCUT2D eigenvalue weighted by atomic mass is 16.5. The summed E-state index contributed by atoms with van der Waals surface area (Å²) in [5.41, 5.74) is 1.05. The lowest BCUT2D eigenvalue weighted by atomic mass is 10.1. The van der Waals surface area contributed by atoms with Gasteiger partial charge in [0.25, 0.3) is 0 Å². The Morgan fingerprint density at radius 1 is 1.16 bits per heavy atom. The molecule has 0 amide bonds. The summed E-state index contributed by atoms with van der Waals surface area (Å²) in [6, 6.07) is 9.22. The van der Waals surface area contributed by atoms with Crippen LogP contribution in [-0.2, 0) is 20.7 Å². The fraction of sp³-hybridized carbons (Fsp3) is 0.467. The molecule has 0 saturated heterocycles. The van der Waals surface area contributed by atoms with Gasteiger partial charge in [-0.05, 0) is 19.4 Å². The number of nitrogens with zero attached hydrogens (tertiary/aromatic N) is 1. The van der Waals surface area contributed by atoms with E-state index in [4.69, 9.17) is 9.47 Å². The molecule has 4 nitrogen and oxygen atoms in total. The van der Waals surface area contributed by atoms with E-state index in [1.807, 2.05) is 37.3 Å². The maximum absolute atomic E-state index is 11.9. The molecule has 0 N–H and O–H groups in total. The summed E-state index contributed by atoms with van der Waals surface area (Å²) in [5, 5.41) is 0. The third kappa shape index (κ3) is 5.55. The van der Waals surface area contributed by atoms with Gasteiger partial charge in [0.15, 0.2) is 11.9 Å². The highest BCUT2D eigenvalue weighted by Gasteiger charge is 2.19. The number of rotatable bonds is 6. The van der Waals surface area contributed by atoms with Gasteiger partial charge in [-0.3, -0.25) is 0 Å². The number of benzene rings is 1. The highest BCUT2D eigenvalue weighted by Crippen LogP contribution is 2.08. The Kier molecular flexibility index (Phi) is 6.64. The van der Waals surface area contributed by atoms with Crippen molar-refractivity contribution in [3.63, 3.8) is 0 Å². The summed E-state index contributed by atoms with van der Waals surface area (Å²) in [7, 11) is 0. The highest BCUT2D eigenvalue weighted by molar-refractivity contribution is 5.81. The summed E-state index contributed by atoms with van der Waals surface area (Å²) in [6.45, 7) is 6.32. The van der Waals surface area contributed by atoms with Gasteiger partial charge in [0, 0.05) is 13.3 Å². The number of carbonyl (C=O) groups is 1. The molecule has 0 aliphatic rings. The topological polar surface area (TPSA) is 47.9 Å². The largest absolute Gasteiger partial charge is 0.481 e. The summed E-state index contributed by atoms with van der Waals surface area (Å²) >= 11 is 0. The van der Waals surface area contributed by atoms with E-state index in [1.54, 1.807) is 13.8 Å². The molecule has 0 aliphatic heterocycles. The molecule has 19 heavy (non-hydrogen) atoms. The van der Waals surface area contributed by atoms with Crippen molar-refractivity contribution in [1.29, 1.82) is 0 Å². The van der Waals surface area contributed by atoms with Crippen LogP contribution >= 0.6 is 0 Å². The van der Waals surface area contributed by atoms with Crippen molar-refractivity contribution in [3.8, 4) is 0 Å². The molecule has 0 aromatic heterocycles. The zero-order valence-electron chi connectivity index (χ0n) is 11.8. The molecule has 0 fully saturated rings. The smallest absolute Gasteiger partial charge is 0.331 e. The monoisotopic (exact) mass is 263 g/mol. The van der Waals surface area contributed by atoms with E-state index in [2.05, 4.69) is 4.99 Å². The van der Waals surface area contributed by atoms with Crippen LogP contribution in [0.1, 0.15) is 26.3 Å². The molecule has 104 valence electrons. The van der Waals surface area contributed by atoms with Gasteiger partial charge < -0.3 is 9.47 Å². The van der Waals surface area contributed by atoms with Gasteiger partial charge in [-0.2, -0.15) is 0 Å². The van der Waals surface area contributed by atoms with E-state index in [-0.39, 0.29) is 5.97 Å². The number of esters is 1. The van der Waals surface area contributed by atoms with E-state index >= 15 is 0 Å². The average Bonchev–Trinajstić information content (AvgIpc) is 2.40. The maximum Gasteiger partial charge on any atom is 0.331 e. The molecule has 0 radical (unpaired) electrons. The van der Waals surface area contributed by atoms with E-state index in [9.17, 15) is 4.79 Å². The van der Waals surface area contributed by atoms with Crippen LogP contribution in [0.5, 0.6) is 0 Å². The molecule has 0 bridgehead atoms. The minimum Gasteiger partial charge on any atom is -0.481 e. The van der Waals surface area contributed by atoms with Gasteiger partial charge in [-0.1, -0.05) is 30.3 Å². The first-order valence-electron chi connectivity index (χ1n) is 6.55. The average molecular weight is 263 g/mol. The van der Waals surface area contributed by atoms with E-state index in [0.29, 0.717) is 25.5 Å². The van der Waals surface area contributed by atoms with Gasteiger partial charge in [0.2, 0.25) is 0 Å². The first-order chi connectivity index (χ1) is 9.17. The first kappa shape index (κ1) is 15.2. The molecular formula is C15H21NO3. The Hall–Kier alpha value is -1.84. The van der Waals surface area contributed by atoms with Crippen molar-refractivity contribution >= 4 is 11.9 Å². The number of hydrogen-bond acceptors (Lipinski definition) is 4. The molecule has 1 aromatic rings. The Balaban J connectivity index is 2.80. The van der Waals surface area contributed by atoms with Crippen molar-refractivity contribution < 1.29 is 14.3 Å². The molecule has 4 heteroatoms. The maximum atomic E-state index is 11.9. The van der Waals surface area contributed by atoms with Crippen LogP contribution in [0.2, 0.25) is 0 Å². The summed E-state index contributed by atoms with van der Waals surface area (Å²) in [4.78, 5) is 16.2. The van der Waals surface area contributed by atoms with Crippen LogP contribution in [0, 0.1) is 0 Å². The second-order valence-corrected chi connectivity index (χ2v) is 4.04. The predicted octanol–water partition coefficient (Wildman–Crippen LogP) is 2.62. The zero-order valence-corrected chi connectivity index (χ0v) is 11.8. The van der Waals surface area contributed by atoms with E-state index < -0.39 is 6.04 Å². The number of hydrogen-bond donors (Lipinski definition) is 0. The van der Waals surface area contributed by atoms with Gasteiger partial charge in [-0.15, -0.1) is 0 Å². The summed E-state index contributed by atoms with van der Waals surface area (Å²) in [5.74, 6) is 0.196. The van der Waals surface area contributed by atoms with Gasteiger partial charge in [0.05, 0.1) is 13.2 Å². The molecule has 0 spiro atoms. The Bertz CT molecular complexity index is 415. The molecule has 0 heterocycles. The summed E-state index contributed by atoms with van der Waals surface area (Å²) in [6.07, 6.45) is 0.518. The third-order valence-corrected chi connectivity index (χ3v) is 2.52. The van der Waals surface area contributed by atoms with Crippen LogP contribution in [0.4, 0.5) is 0 Å². The molecule has 0 saturated carbocycles. The molecule has 1 unspecified atom stereocenters. The molecule has 1 aromatic carbocycles. The van der Waals surface area contributed by atoms with Crippen LogP contribution in [0.3, 0.4) is 0 Å². The molecular weight excluding hydrogens is 242 g/mol. The van der Waals surface area contributed by atoms with Crippen LogP contribution in [0.25, 0.3) is 0 Å². The Labute approximate surface area is 114 Å². The van der Waals surface area contributed by atoms with Crippen LogP contribution in [-0.4, -0.2) is 31.1 Å². The van der Waals surface area contributed by atoms with Crippen molar-refractivity contribution in [2.75, 3.05) is 13.2 Å². The Morgan fingerprint density at radius 3 is 2.37 bits per heavy atom. The SMILES string of the molecule is CCOC(=O)C(Cc1ccccc1)N=C(C)OCC. The minimum absolute atomic E-state index is 0.314. The third-order valence-electron chi connectivity index (χ3n) is 2.52. The molecule has 1 rings (SSSR count). The number of ether oxygens (including phenoxy) is 2. The van der Waals surface area contributed by atoms with Crippen molar-refractivity contribution in [2.45, 2.75) is 33.2 Å². The quantitative estimate of drug-likeness (QED) is 0.450. The summed E-state index contributed by atoms with van der Waals surface area (Å²) < 4.78 is 10.3. The standard InChI is InChI=1S/C15H21NO3/c1-4-18-12(3)16-14(15(17)19-5-2)11-13-9-7-6-8-10-13/h6-10,14H,4-5,11H2,1-3H3. The normalized spacial score (nSPS) is 12.9. The number of carbonyl (C=O) groups excluding carboxylic acids is 1. The van der Waals surface area contributed by atoms with Gasteiger partial charge in [0.1, 0.15) is 0 Å². The van der Waals surface area contributed by atoms with E-state index in [0.717, 1.165) is 5.56 Å². The van der Waals surface area contributed by atoms with Crippen molar-refractivity contribution in [1.82, 2.24) is 0 Å². The lowest BCUT2D eigenvalue weighted by Gasteiger charge is -2.13. The van der Waals surface area contributed by atoms with E-state index in [1.165, 1.54) is 0 Å². The van der Waals surface area contributed by atoms with Gasteiger partial charge >= 0.3 is 5.97 Å². The van der Waals surface area contributed by atoms with Crippen LogP contribution in [0.15, 0.2) is 35.3 Å².